The van der Waals surface area contributed by atoms with Gasteiger partial charge in [-0.15, -0.1) is 0 Å². The predicted molar refractivity (Wildman–Crippen MR) is 98.8 cm³/mol. The summed E-state index contributed by atoms with van der Waals surface area (Å²) in [6.07, 6.45) is 5.23. The minimum absolute atomic E-state index is 0.0660. The van der Waals surface area contributed by atoms with Crippen molar-refractivity contribution in [3.63, 3.8) is 0 Å². The van der Waals surface area contributed by atoms with Gasteiger partial charge in [0.25, 0.3) is 5.91 Å². The van der Waals surface area contributed by atoms with Crippen molar-refractivity contribution < 1.29 is 14.0 Å². The van der Waals surface area contributed by atoms with E-state index in [4.69, 9.17) is 0 Å². The molecule has 0 aromatic heterocycles. The highest BCUT2D eigenvalue weighted by Crippen LogP contribution is 2.19. The summed E-state index contributed by atoms with van der Waals surface area (Å²) >= 11 is 0. The maximum Gasteiger partial charge on any atom is 0.251 e. The van der Waals surface area contributed by atoms with Crippen LogP contribution in [-0.4, -0.2) is 29.8 Å². The monoisotopic (exact) mass is 352 g/mol. The lowest BCUT2D eigenvalue weighted by Crippen LogP contribution is -2.25. The number of amides is 2. The maximum absolute atomic E-state index is 13.7. The quantitative estimate of drug-likeness (QED) is 0.810. The molecule has 26 heavy (non-hydrogen) atoms. The Hall–Kier alpha value is -2.95. The summed E-state index contributed by atoms with van der Waals surface area (Å²) in [5.74, 6) is -0.608. The van der Waals surface area contributed by atoms with Gasteiger partial charge in [0.05, 0.1) is 0 Å². The Bertz CT molecular complexity index is 826. The van der Waals surface area contributed by atoms with E-state index < -0.39 is 0 Å². The van der Waals surface area contributed by atoms with E-state index >= 15 is 0 Å². The van der Waals surface area contributed by atoms with Crippen molar-refractivity contribution in [1.82, 2.24) is 10.2 Å². The molecule has 4 nitrogen and oxygen atoms in total. The molecule has 0 heterocycles. The maximum atomic E-state index is 13.7. The first kappa shape index (κ1) is 17.9. The van der Waals surface area contributed by atoms with Crippen molar-refractivity contribution in [2.45, 2.75) is 25.4 Å². The number of hydrogen-bond donors (Lipinski definition) is 1. The van der Waals surface area contributed by atoms with Crippen LogP contribution in [0.25, 0.3) is 6.08 Å². The Balaban J connectivity index is 1.57. The summed E-state index contributed by atoms with van der Waals surface area (Å²) in [5, 5.41) is 2.93. The number of hydrogen-bond acceptors (Lipinski definition) is 2. The van der Waals surface area contributed by atoms with E-state index in [0.29, 0.717) is 17.2 Å². The van der Waals surface area contributed by atoms with E-state index in [0.717, 1.165) is 18.4 Å². The zero-order valence-corrected chi connectivity index (χ0v) is 14.6. The number of benzene rings is 2. The number of carbonyl (C=O) groups is 2. The number of rotatable bonds is 6. The highest BCUT2D eigenvalue weighted by atomic mass is 19.1. The summed E-state index contributed by atoms with van der Waals surface area (Å²) in [5.41, 5.74) is 1.90. The molecule has 1 aliphatic carbocycles. The lowest BCUT2D eigenvalue weighted by Gasteiger charge is -2.15. The Labute approximate surface area is 152 Å². The van der Waals surface area contributed by atoms with E-state index in [1.54, 1.807) is 55.6 Å². The summed E-state index contributed by atoms with van der Waals surface area (Å²) < 4.78 is 13.7. The molecule has 2 amide bonds. The minimum atomic E-state index is -0.323. The molecule has 2 aromatic rings. The molecular formula is C21H21FN2O2. The van der Waals surface area contributed by atoms with Crippen molar-refractivity contribution in [2.24, 2.45) is 0 Å². The second-order valence-corrected chi connectivity index (χ2v) is 6.49. The van der Waals surface area contributed by atoms with Gasteiger partial charge < -0.3 is 10.2 Å². The highest BCUT2D eigenvalue weighted by Gasteiger charge is 2.23. The van der Waals surface area contributed by atoms with Gasteiger partial charge in [0.2, 0.25) is 5.91 Å². The van der Waals surface area contributed by atoms with Crippen LogP contribution in [0.15, 0.2) is 54.6 Å². The van der Waals surface area contributed by atoms with Gasteiger partial charge in [-0.3, -0.25) is 9.59 Å². The SMILES string of the molecule is CN(Cc1ccccc1F)C(=O)/C=C/c1ccc(C(=O)NC2CC2)cc1. The van der Waals surface area contributed by atoms with E-state index in [-0.39, 0.29) is 24.2 Å². The molecule has 5 heteroatoms. The molecule has 1 N–H and O–H groups in total. The van der Waals surface area contributed by atoms with Crippen LogP contribution in [-0.2, 0) is 11.3 Å². The van der Waals surface area contributed by atoms with Gasteiger partial charge in [-0.2, -0.15) is 0 Å². The fourth-order valence-electron chi connectivity index (χ4n) is 2.50. The van der Waals surface area contributed by atoms with Gasteiger partial charge in [0, 0.05) is 36.8 Å². The third-order valence-corrected chi connectivity index (χ3v) is 4.25. The standard InChI is InChI=1S/C21H21FN2O2/c1-24(14-17-4-2-3-5-19(17)22)20(25)13-8-15-6-9-16(10-7-15)21(26)23-18-11-12-18/h2-10,13,18H,11-12,14H2,1H3,(H,23,26)/b13-8+. The van der Waals surface area contributed by atoms with Crippen LogP contribution >= 0.6 is 0 Å². The molecule has 134 valence electrons. The number of carbonyl (C=O) groups excluding carboxylic acids is 2. The van der Waals surface area contributed by atoms with Crippen molar-refractivity contribution >= 4 is 17.9 Å². The van der Waals surface area contributed by atoms with Crippen LogP contribution in [0, 0.1) is 5.82 Å². The average molecular weight is 352 g/mol. The summed E-state index contributed by atoms with van der Waals surface area (Å²) in [4.78, 5) is 25.6. The van der Waals surface area contributed by atoms with Gasteiger partial charge in [0.15, 0.2) is 0 Å². The number of nitrogens with one attached hydrogen (secondary N) is 1. The first-order valence-electron chi connectivity index (χ1n) is 8.60. The first-order chi connectivity index (χ1) is 12.5. The van der Waals surface area contributed by atoms with Gasteiger partial charge in [-0.1, -0.05) is 30.3 Å². The molecule has 1 aliphatic rings. The molecule has 0 radical (unpaired) electrons. The topological polar surface area (TPSA) is 49.4 Å². The predicted octanol–water partition coefficient (Wildman–Crippen LogP) is 3.39. The van der Waals surface area contributed by atoms with Crippen LogP contribution in [0.3, 0.4) is 0 Å². The third kappa shape index (κ3) is 4.79. The van der Waals surface area contributed by atoms with Crippen LogP contribution in [0.2, 0.25) is 0 Å². The number of likely N-dealkylation sites (N-methyl/N-ethyl adjacent to an activating group) is 1. The highest BCUT2D eigenvalue weighted by molar-refractivity contribution is 5.95. The van der Waals surface area contributed by atoms with Gasteiger partial charge >= 0.3 is 0 Å². The molecule has 0 spiro atoms. The van der Waals surface area contributed by atoms with E-state index in [1.807, 2.05) is 0 Å². The number of halogens is 1. The zero-order valence-electron chi connectivity index (χ0n) is 14.6. The second-order valence-electron chi connectivity index (χ2n) is 6.49. The third-order valence-electron chi connectivity index (χ3n) is 4.25. The fraction of sp³-hybridized carbons (Fsp3) is 0.238. The minimum Gasteiger partial charge on any atom is -0.349 e. The molecule has 0 unspecified atom stereocenters. The summed E-state index contributed by atoms with van der Waals surface area (Å²) in [6, 6.07) is 13.8. The largest absolute Gasteiger partial charge is 0.349 e. The van der Waals surface area contributed by atoms with Crippen LogP contribution in [0.1, 0.15) is 34.3 Å². The number of nitrogens with zero attached hydrogens (tertiary/aromatic N) is 1. The average Bonchev–Trinajstić information content (AvgIpc) is 3.46. The molecule has 2 aromatic carbocycles. The van der Waals surface area contributed by atoms with E-state index in [9.17, 15) is 14.0 Å². The molecule has 0 aliphatic heterocycles. The molecule has 1 fully saturated rings. The second kappa shape index (κ2) is 7.95. The lowest BCUT2D eigenvalue weighted by atomic mass is 10.1. The zero-order chi connectivity index (χ0) is 18.5. The lowest BCUT2D eigenvalue weighted by molar-refractivity contribution is -0.125. The first-order valence-corrected chi connectivity index (χ1v) is 8.60. The van der Waals surface area contributed by atoms with Gasteiger partial charge in [0.1, 0.15) is 5.82 Å². The Kier molecular flexibility index (Phi) is 5.46. The van der Waals surface area contributed by atoms with Crippen LogP contribution in [0.5, 0.6) is 0 Å². The van der Waals surface area contributed by atoms with Crippen molar-refractivity contribution in [3.05, 3.63) is 77.1 Å². The Morgan fingerprint density at radius 3 is 2.50 bits per heavy atom. The molecule has 0 atom stereocenters. The smallest absolute Gasteiger partial charge is 0.251 e. The van der Waals surface area contributed by atoms with Crippen LogP contribution in [0.4, 0.5) is 4.39 Å². The summed E-state index contributed by atoms with van der Waals surface area (Å²) in [7, 11) is 1.63. The van der Waals surface area contributed by atoms with E-state index in [2.05, 4.69) is 5.32 Å². The van der Waals surface area contributed by atoms with Crippen molar-refractivity contribution in [2.75, 3.05) is 7.05 Å². The van der Waals surface area contributed by atoms with Crippen molar-refractivity contribution in [3.8, 4) is 0 Å². The molecule has 0 saturated heterocycles. The Morgan fingerprint density at radius 2 is 1.85 bits per heavy atom. The summed E-state index contributed by atoms with van der Waals surface area (Å²) in [6.45, 7) is 0.204. The van der Waals surface area contributed by atoms with Crippen LogP contribution < -0.4 is 5.32 Å². The normalized spacial score (nSPS) is 13.6. The molecule has 3 rings (SSSR count). The molecule has 1 saturated carbocycles. The Morgan fingerprint density at radius 1 is 1.15 bits per heavy atom. The van der Waals surface area contributed by atoms with Gasteiger partial charge in [-0.25, -0.2) is 4.39 Å². The van der Waals surface area contributed by atoms with E-state index in [1.165, 1.54) is 17.0 Å². The van der Waals surface area contributed by atoms with Gasteiger partial charge in [-0.05, 0) is 42.7 Å². The van der Waals surface area contributed by atoms with Crippen molar-refractivity contribution in [1.29, 1.82) is 0 Å². The fourth-order valence-corrected chi connectivity index (χ4v) is 2.50. The molecular weight excluding hydrogens is 331 g/mol. The molecule has 0 bridgehead atoms.